The van der Waals surface area contributed by atoms with Crippen molar-refractivity contribution in [1.82, 2.24) is 5.32 Å². The minimum absolute atomic E-state index is 0.0315. The summed E-state index contributed by atoms with van der Waals surface area (Å²) < 4.78 is 0.394. The maximum atomic E-state index is 11.6. The maximum Gasteiger partial charge on any atom is 0.293 e. The number of thioether (sulfide) groups is 1. The maximum absolute atomic E-state index is 11.6. The van der Waals surface area contributed by atoms with Gasteiger partial charge in [0.1, 0.15) is 10.0 Å². The monoisotopic (exact) mass is 337 g/mol. The largest absolute Gasteiger partial charge is 0.367 e. The van der Waals surface area contributed by atoms with E-state index in [1.165, 1.54) is 6.07 Å². The molecule has 1 heterocycles. The van der Waals surface area contributed by atoms with E-state index in [0.717, 1.165) is 11.8 Å². The first-order valence-corrected chi connectivity index (χ1v) is 7.97. The Kier molecular flexibility index (Phi) is 5.15. The van der Waals surface area contributed by atoms with Gasteiger partial charge in [-0.25, -0.2) is 0 Å². The summed E-state index contributed by atoms with van der Waals surface area (Å²) in [6.07, 6.45) is 1.61. The predicted molar refractivity (Wildman–Crippen MR) is 93.0 cm³/mol. The Balaban J connectivity index is 2.42. The van der Waals surface area contributed by atoms with Crippen molar-refractivity contribution in [3.05, 3.63) is 38.8 Å². The number of nitrogens with one attached hydrogen (secondary N) is 1. The summed E-state index contributed by atoms with van der Waals surface area (Å²) in [7, 11) is 0. The first-order valence-electron chi connectivity index (χ1n) is 6.74. The third-order valence-corrected chi connectivity index (χ3v) is 4.40. The number of anilines is 1. The predicted octanol–water partition coefficient (Wildman–Crippen LogP) is 2.93. The number of hydrogen-bond acceptors (Lipinski definition) is 6. The van der Waals surface area contributed by atoms with Gasteiger partial charge >= 0.3 is 0 Å². The van der Waals surface area contributed by atoms with Crippen molar-refractivity contribution in [2.75, 3.05) is 18.0 Å². The van der Waals surface area contributed by atoms with Crippen LogP contribution in [0.3, 0.4) is 0 Å². The second kappa shape index (κ2) is 6.89. The zero-order chi connectivity index (χ0) is 16.3. The van der Waals surface area contributed by atoms with Crippen LogP contribution in [0, 0.1) is 10.1 Å². The van der Waals surface area contributed by atoms with E-state index in [9.17, 15) is 14.9 Å². The Morgan fingerprint density at radius 3 is 2.59 bits per heavy atom. The van der Waals surface area contributed by atoms with Crippen LogP contribution >= 0.6 is 24.0 Å². The third-order valence-electron chi connectivity index (χ3n) is 3.24. The van der Waals surface area contributed by atoms with Gasteiger partial charge in [0.25, 0.3) is 11.6 Å². The summed E-state index contributed by atoms with van der Waals surface area (Å²) >= 11 is 6.07. The van der Waals surface area contributed by atoms with Crippen molar-refractivity contribution in [1.29, 1.82) is 0 Å². The highest BCUT2D eigenvalue weighted by atomic mass is 32.2. The molecule has 1 aliphatic rings. The number of thiocarbonyl (C=S) groups is 1. The molecule has 22 heavy (non-hydrogen) atoms. The normalized spacial score (nSPS) is 16.0. The van der Waals surface area contributed by atoms with Gasteiger partial charge in [-0.3, -0.25) is 14.9 Å². The van der Waals surface area contributed by atoms with Crippen LogP contribution in [0.1, 0.15) is 19.4 Å². The first kappa shape index (κ1) is 16.4. The van der Waals surface area contributed by atoms with Crippen LogP contribution in [0.4, 0.5) is 11.4 Å². The van der Waals surface area contributed by atoms with Gasteiger partial charge in [-0.15, -0.1) is 0 Å². The van der Waals surface area contributed by atoms with Crippen LogP contribution in [0.5, 0.6) is 0 Å². The molecule has 8 heteroatoms. The van der Waals surface area contributed by atoms with Crippen molar-refractivity contribution in [2.24, 2.45) is 0 Å². The lowest BCUT2D eigenvalue weighted by Gasteiger charge is -2.20. The number of rotatable bonds is 5. The minimum atomic E-state index is -0.401. The Labute approximate surface area is 137 Å². The number of nitro benzene ring substituents is 1. The van der Waals surface area contributed by atoms with Gasteiger partial charge in [0.05, 0.1) is 9.83 Å². The Morgan fingerprint density at radius 2 is 2.09 bits per heavy atom. The summed E-state index contributed by atoms with van der Waals surface area (Å²) in [5.74, 6) is -0.273. The summed E-state index contributed by atoms with van der Waals surface area (Å²) in [5, 5.41) is 13.8. The van der Waals surface area contributed by atoms with Crippen LogP contribution in [0.2, 0.25) is 0 Å². The zero-order valence-electron chi connectivity index (χ0n) is 12.2. The van der Waals surface area contributed by atoms with E-state index in [2.05, 4.69) is 5.32 Å². The molecule has 1 saturated heterocycles. The number of benzene rings is 1. The lowest BCUT2D eigenvalue weighted by atomic mass is 10.1. The molecule has 1 aromatic rings. The molecule has 0 saturated carbocycles. The van der Waals surface area contributed by atoms with E-state index in [1.807, 2.05) is 18.7 Å². The molecule has 0 unspecified atom stereocenters. The SMILES string of the molecule is CCN(CC)c1ccc(C=C2SC(=S)NC2=O)cc1[N+](=O)[O-]. The molecule has 1 aromatic carbocycles. The molecule has 0 atom stereocenters. The van der Waals surface area contributed by atoms with Crippen molar-refractivity contribution < 1.29 is 9.72 Å². The Bertz CT molecular complexity index is 669. The number of nitro groups is 1. The van der Waals surface area contributed by atoms with Gasteiger partial charge in [0.15, 0.2) is 0 Å². The smallest absolute Gasteiger partial charge is 0.293 e. The molecule has 0 aliphatic carbocycles. The first-order chi connectivity index (χ1) is 10.5. The lowest BCUT2D eigenvalue weighted by Crippen LogP contribution is -2.22. The van der Waals surface area contributed by atoms with E-state index >= 15 is 0 Å². The number of carbonyl (C=O) groups is 1. The second-order valence-electron chi connectivity index (χ2n) is 4.53. The fourth-order valence-electron chi connectivity index (χ4n) is 2.18. The van der Waals surface area contributed by atoms with Crippen LogP contribution in [0.15, 0.2) is 23.1 Å². The molecular weight excluding hydrogens is 322 g/mol. The van der Waals surface area contributed by atoms with Gasteiger partial charge in [-0.1, -0.05) is 30.0 Å². The molecule has 1 fully saturated rings. The van der Waals surface area contributed by atoms with Gasteiger partial charge < -0.3 is 10.2 Å². The van der Waals surface area contributed by atoms with Crippen LogP contribution < -0.4 is 10.2 Å². The number of amides is 1. The van der Waals surface area contributed by atoms with E-state index in [0.29, 0.717) is 33.6 Å². The molecule has 1 amide bonds. The molecule has 0 radical (unpaired) electrons. The van der Waals surface area contributed by atoms with Crippen molar-refractivity contribution in [3.8, 4) is 0 Å². The number of hydrogen-bond donors (Lipinski definition) is 1. The molecule has 2 rings (SSSR count). The average Bonchev–Trinajstić information content (AvgIpc) is 2.79. The van der Waals surface area contributed by atoms with Crippen LogP contribution in [0.25, 0.3) is 6.08 Å². The van der Waals surface area contributed by atoms with Crippen LogP contribution in [-0.4, -0.2) is 28.2 Å². The molecule has 0 aromatic heterocycles. The van der Waals surface area contributed by atoms with Crippen molar-refractivity contribution in [3.63, 3.8) is 0 Å². The van der Waals surface area contributed by atoms with E-state index in [1.54, 1.807) is 18.2 Å². The molecule has 0 bridgehead atoms. The summed E-state index contributed by atoms with van der Waals surface area (Å²) in [6.45, 7) is 5.27. The Hall–Kier alpha value is -1.93. The molecule has 1 N–H and O–H groups in total. The topological polar surface area (TPSA) is 75.5 Å². The van der Waals surface area contributed by atoms with Crippen molar-refractivity contribution >= 4 is 51.7 Å². The highest BCUT2D eigenvalue weighted by Gasteiger charge is 2.23. The van der Waals surface area contributed by atoms with Gasteiger partial charge in [0, 0.05) is 19.2 Å². The highest BCUT2D eigenvalue weighted by molar-refractivity contribution is 8.26. The highest BCUT2D eigenvalue weighted by Crippen LogP contribution is 2.32. The van der Waals surface area contributed by atoms with Gasteiger partial charge in [-0.2, -0.15) is 0 Å². The van der Waals surface area contributed by atoms with Crippen molar-refractivity contribution in [2.45, 2.75) is 13.8 Å². The average molecular weight is 337 g/mol. The minimum Gasteiger partial charge on any atom is -0.367 e. The molecule has 0 spiro atoms. The number of carbonyl (C=O) groups excluding carboxylic acids is 1. The second-order valence-corrected chi connectivity index (χ2v) is 6.25. The fraction of sp³-hybridized carbons (Fsp3) is 0.286. The van der Waals surface area contributed by atoms with E-state index in [4.69, 9.17) is 12.2 Å². The lowest BCUT2D eigenvalue weighted by molar-refractivity contribution is -0.384. The third kappa shape index (κ3) is 3.45. The molecule has 116 valence electrons. The van der Waals surface area contributed by atoms with E-state index < -0.39 is 4.92 Å². The summed E-state index contributed by atoms with van der Waals surface area (Å²) in [6, 6.07) is 4.96. The standard InChI is InChI=1S/C14H15N3O3S2/c1-3-16(4-2)10-6-5-9(7-11(10)17(19)20)8-12-13(18)15-14(21)22-12/h5-8H,3-4H2,1-2H3,(H,15,18,21). The quantitative estimate of drug-likeness (QED) is 0.385. The molecule has 1 aliphatic heterocycles. The molecule has 6 nitrogen and oxygen atoms in total. The molecular formula is C14H15N3O3S2. The fourth-order valence-corrected chi connectivity index (χ4v) is 3.22. The zero-order valence-corrected chi connectivity index (χ0v) is 13.8. The summed E-state index contributed by atoms with van der Waals surface area (Å²) in [5.41, 5.74) is 1.21. The summed E-state index contributed by atoms with van der Waals surface area (Å²) in [4.78, 5) is 24.9. The van der Waals surface area contributed by atoms with Crippen LogP contribution in [-0.2, 0) is 4.79 Å². The number of nitrogens with zero attached hydrogens (tertiary/aromatic N) is 2. The van der Waals surface area contributed by atoms with E-state index in [-0.39, 0.29) is 11.6 Å². The Morgan fingerprint density at radius 1 is 1.41 bits per heavy atom. The van der Waals surface area contributed by atoms with Gasteiger partial charge in [0.2, 0.25) is 0 Å². The van der Waals surface area contributed by atoms with Gasteiger partial charge in [-0.05, 0) is 31.6 Å².